The third-order valence-corrected chi connectivity index (χ3v) is 3.93. The van der Waals surface area contributed by atoms with Crippen molar-refractivity contribution in [1.82, 2.24) is 15.5 Å². The number of methoxy groups -OCH3 is 2. The van der Waals surface area contributed by atoms with Crippen LogP contribution in [0, 0.1) is 0 Å². The third-order valence-electron chi connectivity index (χ3n) is 3.93. The highest BCUT2D eigenvalue weighted by Gasteiger charge is 2.16. The number of hydrogen-bond acceptors (Lipinski definition) is 5. The summed E-state index contributed by atoms with van der Waals surface area (Å²) < 4.78 is 16.1. The second-order valence-electron chi connectivity index (χ2n) is 5.94. The second kappa shape index (κ2) is 12.4. The molecule has 0 amide bonds. The molecule has 1 rings (SSSR count). The van der Waals surface area contributed by atoms with E-state index in [2.05, 4.69) is 28.5 Å². The Bertz CT molecular complexity index is 550. The van der Waals surface area contributed by atoms with Crippen molar-refractivity contribution in [2.75, 3.05) is 61.2 Å². The average molecular weight is 367 g/mol. The first-order chi connectivity index (χ1) is 12.6. The van der Waals surface area contributed by atoms with Crippen molar-refractivity contribution in [3.05, 3.63) is 23.8 Å². The fourth-order valence-corrected chi connectivity index (χ4v) is 2.53. The molecule has 1 atom stereocenters. The van der Waals surface area contributed by atoms with Crippen LogP contribution >= 0.6 is 0 Å². The van der Waals surface area contributed by atoms with Gasteiger partial charge in [0.1, 0.15) is 0 Å². The van der Waals surface area contributed by atoms with Gasteiger partial charge in [0.2, 0.25) is 0 Å². The predicted octanol–water partition coefficient (Wildman–Crippen LogP) is 1.90. The molecule has 148 valence electrons. The van der Waals surface area contributed by atoms with E-state index in [4.69, 9.17) is 19.2 Å². The molecule has 0 saturated heterocycles. The molecule has 2 N–H and O–H groups in total. The van der Waals surface area contributed by atoms with Crippen LogP contribution in [0.15, 0.2) is 23.2 Å². The first kappa shape index (κ1) is 22.1. The van der Waals surface area contributed by atoms with Crippen molar-refractivity contribution in [3.63, 3.8) is 0 Å². The van der Waals surface area contributed by atoms with Crippen LogP contribution in [0.1, 0.15) is 25.5 Å². The summed E-state index contributed by atoms with van der Waals surface area (Å²) in [4.78, 5) is 6.88. The monoisotopic (exact) mass is 366 g/mol. The van der Waals surface area contributed by atoms with Gasteiger partial charge in [0, 0.05) is 19.7 Å². The minimum absolute atomic E-state index is 0.122. The zero-order chi connectivity index (χ0) is 19.4. The zero-order valence-electron chi connectivity index (χ0n) is 17.0. The van der Waals surface area contributed by atoms with Gasteiger partial charge in [-0.05, 0) is 45.6 Å². The molecular formula is C19H34N4O3. The van der Waals surface area contributed by atoms with E-state index >= 15 is 0 Å². The number of ether oxygens (including phenoxy) is 3. The molecule has 0 aliphatic heterocycles. The van der Waals surface area contributed by atoms with Gasteiger partial charge in [0.05, 0.1) is 33.4 Å². The highest BCUT2D eigenvalue weighted by atomic mass is 16.5. The Morgan fingerprint density at radius 3 is 2.42 bits per heavy atom. The molecule has 0 bridgehead atoms. The van der Waals surface area contributed by atoms with Crippen LogP contribution in [0.3, 0.4) is 0 Å². The lowest BCUT2D eigenvalue weighted by Gasteiger charge is -2.24. The van der Waals surface area contributed by atoms with Crippen LogP contribution in [-0.4, -0.2) is 72.0 Å². The molecule has 1 unspecified atom stereocenters. The zero-order valence-corrected chi connectivity index (χ0v) is 17.0. The molecule has 0 radical (unpaired) electrons. The maximum atomic E-state index is 5.43. The number of aliphatic imine (C=N–C) groups is 1. The van der Waals surface area contributed by atoms with Crippen LogP contribution in [0.4, 0.5) is 0 Å². The Morgan fingerprint density at radius 2 is 1.85 bits per heavy atom. The Morgan fingerprint density at radius 1 is 1.12 bits per heavy atom. The van der Waals surface area contributed by atoms with Crippen LogP contribution < -0.4 is 20.1 Å². The molecule has 1 aromatic carbocycles. The van der Waals surface area contributed by atoms with Crippen molar-refractivity contribution >= 4 is 5.96 Å². The third kappa shape index (κ3) is 7.09. The fourth-order valence-electron chi connectivity index (χ4n) is 2.53. The van der Waals surface area contributed by atoms with Gasteiger partial charge in [-0.1, -0.05) is 6.07 Å². The fraction of sp³-hybridized carbons (Fsp3) is 0.632. The summed E-state index contributed by atoms with van der Waals surface area (Å²) in [6.45, 7) is 7.57. The molecule has 7 heteroatoms. The predicted molar refractivity (Wildman–Crippen MR) is 106 cm³/mol. The molecule has 0 fully saturated rings. The van der Waals surface area contributed by atoms with Crippen LogP contribution in [-0.2, 0) is 4.74 Å². The number of likely N-dealkylation sites (N-methyl/N-ethyl adjacent to an activating group) is 1. The Labute approximate surface area is 157 Å². The highest BCUT2D eigenvalue weighted by molar-refractivity contribution is 5.79. The lowest BCUT2D eigenvalue weighted by molar-refractivity contribution is 0.152. The van der Waals surface area contributed by atoms with Gasteiger partial charge in [-0.15, -0.1) is 0 Å². The Kier molecular flexibility index (Phi) is 10.5. The van der Waals surface area contributed by atoms with Crippen LogP contribution in [0.5, 0.6) is 11.5 Å². The minimum atomic E-state index is 0.122. The van der Waals surface area contributed by atoms with Gasteiger partial charge >= 0.3 is 0 Å². The van der Waals surface area contributed by atoms with Crippen molar-refractivity contribution in [2.45, 2.75) is 19.9 Å². The summed E-state index contributed by atoms with van der Waals surface area (Å²) in [5, 5.41) is 6.56. The molecule has 0 aliphatic carbocycles. The smallest absolute Gasteiger partial charge is 0.191 e. The number of nitrogens with one attached hydrogen (secondary N) is 2. The van der Waals surface area contributed by atoms with Gasteiger partial charge in [-0.3, -0.25) is 4.99 Å². The van der Waals surface area contributed by atoms with Gasteiger partial charge in [0.25, 0.3) is 0 Å². The number of rotatable bonds is 11. The SMILES string of the molecule is CCNC(=NCC(c1ccc(OC)c(OC)c1)N(C)C)NCCOCC. The van der Waals surface area contributed by atoms with Crippen LogP contribution in [0.25, 0.3) is 0 Å². The van der Waals surface area contributed by atoms with Crippen LogP contribution in [0.2, 0.25) is 0 Å². The van der Waals surface area contributed by atoms with Crippen molar-refractivity contribution in [3.8, 4) is 11.5 Å². The van der Waals surface area contributed by atoms with Gasteiger partial charge < -0.3 is 29.7 Å². The van der Waals surface area contributed by atoms with Gasteiger partial charge in [0.15, 0.2) is 17.5 Å². The number of hydrogen-bond donors (Lipinski definition) is 2. The maximum Gasteiger partial charge on any atom is 0.191 e. The van der Waals surface area contributed by atoms with E-state index in [1.807, 2.05) is 33.2 Å². The topological polar surface area (TPSA) is 67.4 Å². The van der Waals surface area contributed by atoms with E-state index in [0.29, 0.717) is 13.2 Å². The summed E-state index contributed by atoms with van der Waals surface area (Å²) in [7, 11) is 7.39. The van der Waals surface area contributed by atoms with E-state index in [1.54, 1.807) is 14.2 Å². The summed E-state index contributed by atoms with van der Waals surface area (Å²) in [6, 6.07) is 6.11. The second-order valence-corrected chi connectivity index (χ2v) is 5.94. The van der Waals surface area contributed by atoms with E-state index < -0.39 is 0 Å². The van der Waals surface area contributed by atoms with E-state index in [-0.39, 0.29) is 6.04 Å². The average Bonchev–Trinajstić information content (AvgIpc) is 2.64. The number of guanidine groups is 1. The number of nitrogens with zero attached hydrogens (tertiary/aromatic N) is 2. The molecule has 0 aliphatic rings. The summed E-state index contributed by atoms with van der Waals surface area (Å²) in [5.41, 5.74) is 1.13. The molecule has 0 aromatic heterocycles. The Hall–Kier alpha value is -1.99. The normalized spacial score (nSPS) is 12.8. The van der Waals surface area contributed by atoms with E-state index in [1.165, 1.54) is 0 Å². The largest absolute Gasteiger partial charge is 0.493 e. The lowest BCUT2D eigenvalue weighted by atomic mass is 10.1. The van der Waals surface area contributed by atoms with E-state index in [0.717, 1.165) is 42.7 Å². The first-order valence-electron chi connectivity index (χ1n) is 9.05. The molecule has 26 heavy (non-hydrogen) atoms. The molecular weight excluding hydrogens is 332 g/mol. The molecule has 7 nitrogen and oxygen atoms in total. The quantitative estimate of drug-likeness (QED) is 0.354. The summed E-state index contributed by atoms with van der Waals surface area (Å²) in [6.07, 6.45) is 0. The van der Waals surface area contributed by atoms with Crippen molar-refractivity contribution < 1.29 is 14.2 Å². The molecule has 0 saturated carbocycles. The first-order valence-corrected chi connectivity index (χ1v) is 9.05. The summed E-state index contributed by atoms with van der Waals surface area (Å²) in [5.74, 6) is 2.24. The minimum Gasteiger partial charge on any atom is -0.493 e. The van der Waals surface area contributed by atoms with Gasteiger partial charge in [-0.25, -0.2) is 0 Å². The maximum absolute atomic E-state index is 5.43. The van der Waals surface area contributed by atoms with Crippen molar-refractivity contribution in [1.29, 1.82) is 0 Å². The highest BCUT2D eigenvalue weighted by Crippen LogP contribution is 2.31. The van der Waals surface area contributed by atoms with Gasteiger partial charge in [-0.2, -0.15) is 0 Å². The standard InChI is InChI=1S/C19H34N4O3/c1-7-20-19(21-11-12-26-8-2)22-14-16(23(3)4)15-9-10-17(24-5)18(13-15)25-6/h9-10,13,16H,7-8,11-12,14H2,1-6H3,(H2,20,21,22). The van der Waals surface area contributed by atoms with E-state index in [9.17, 15) is 0 Å². The summed E-state index contributed by atoms with van der Waals surface area (Å²) >= 11 is 0. The molecule has 1 aromatic rings. The Balaban J connectivity index is 2.88. The number of benzene rings is 1. The molecule has 0 heterocycles. The lowest BCUT2D eigenvalue weighted by Crippen LogP contribution is -2.39. The van der Waals surface area contributed by atoms with Crippen molar-refractivity contribution in [2.24, 2.45) is 4.99 Å². The molecule has 0 spiro atoms.